The number of aryl methyl sites for hydroxylation is 1. The molecule has 7 heteroatoms. The Balaban J connectivity index is 1.47. The summed E-state index contributed by atoms with van der Waals surface area (Å²) >= 11 is 0. The number of sulfonamides is 1. The Morgan fingerprint density at radius 3 is 2.53 bits per heavy atom. The smallest absolute Gasteiger partial charge is 0.240 e. The Hall–Kier alpha value is -3.42. The molecule has 2 aromatic carbocycles. The van der Waals surface area contributed by atoms with E-state index in [9.17, 15) is 8.42 Å². The topological polar surface area (TPSA) is 81.4 Å². The molecule has 0 unspecified atom stereocenters. The van der Waals surface area contributed by atoms with Gasteiger partial charge in [0.05, 0.1) is 11.2 Å². The zero-order valence-electron chi connectivity index (χ0n) is 16.3. The van der Waals surface area contributed by atoms with Gasteiger partial charge < -0.3 is 9.15 Å². The molecule has 0 spiro atoms. The SMILES string of the molecule is Cc1cccc(Oc2ccc(S(=O)(=O)NCc3cccnc3-c3ccco3)cc2)c1. The predicted molar refractivity (Wildman–Crippen MR) is 114 cm³/mol. The minimum absolute atomic E-state index is 0.0910. The van der Waals surface area contributed by atoms with E-state index in [1.54, 1.807) is 42.8 Å². The molecule has 0 saturated heterocycles. The number of pyridine rings is 1. The molecule has 30 heavy (non-hydrogen) atoms. The third-order valence-corrected chi connectivity index (χ3v) is 5.87. The first-order chi connectivity index (χ1) is 14.5. The van der Waals surface area contributed by atoms with Crippen molar-refractivity contribution in [3.8, 4) is 23.0 Å². The van der Waals surface area contributed by atoms with Crippen LogP contribution in [0.4, 0.5) is 0 Å². The molecular weight excluding hydrogens is 400 g/mol. The monoisotopic (exact) mass is 420 g/mol. The number of hydrogen-bond acceptors (Lipinski definition) is 5. The molecule has 6 nitrogen and oxygen atoms in total. The molecule has 0 aliphatic carbocycles. The van der Waals surface area contributed by atoms with Crippen LogP contribution in [0.1, 0.15) is 11.1 Å². The molecule has 0 radical (unpaired) electrons. The van der Waals surface area contributed by atoms with Crippen LogP contribution in [-0.2, 0) is 16.6 Å². The summed E-state index contributed by atoms with van der Waals surface area (Å²) in [4.78, 5) is 4.46. The first-order valence-corrected chi connectivity index (χ1v) is 10.8. The van der Waals surface area contributed by atoms with Crippen LogP contribution < -0.4 is 9.46 Å². The Kier molecular flexibility index (Phi) is 5.65. The number of hydrogen-bond donors (Lipinski definition) is 1. The summed E-state index contributed by atoms with van der Waals surface area (Å²) in [6.45, 7) is 2.07. The highest BCUT2D eigenvalue weighted by molar-refractivity contribution is 7.89. The molecule has 0 aliphatic rings. The van der Waals surface area contributed by atoms with Crippen LogP contribution in [0.2, 0.25) is 0 Å². The fraction of sp³-hybridized carbons (Fsp3) is 0.0870. The van der Waals surface area contributed by atoms with Crippen LogP contribution in [-0.4, -0.2) is 13.4 Å². The van der Waals surface area contributed by atoms with Gasteiger partial charge in [-0.1, -0.05) is 18.2 Å². The standard InChI is InChI=1S/C23H20N2O4S/c1-17-5-2-7-20(15-17)29-19-9-11-21(12-10-19)30(26,27)25-16-18-6-3-13-24-23(18)22-8-4-14-28-22/h2-15,25H,16H2,1H3. The second kappa shape index (κ2) is 8.52. The third kappa shape index (κ3) is 4.59. The quantitative estimate of drug-likeness (QED) is 0.459. The van der Waals surface area contributed by atoms with E-state index >= 15 is 0 Å². The van der Waals surface area contributed by atoms with Crippen molar-refractivity contribution in [1.29, 1.82) is 0 Å². The van der Waals surface area contributed by atoms with E-state index in [1.807, 2.05) is 37.3 Å². The van der Waals surface area contributed by atoms with Crippen molar-refractivity contribution >= 4 is 10.0 Å². The minimum atomic E-state index is -3.70. The normalized spacial score (nSPS) is 11.4. The molecular formula is C23H20N2O4S. The largest absolute Gasteiger partial charge is 0.463 e. The van der Waals surface area contributed by atoms with E-state index in [0.29, 0.717) is 23.0 Å². The maximum Gasteiger partial charge on any atom is 0.240 e. The van der Waals surface area contributed by atoms with Crippen molar-refractivity contribution in [3.63, 3.8) is 0 Å². The van der Waals surface area contributed by atoms with Crippen molar-refractivity contribution in [2.24, 2.45) is 0 Å². The Bertz CT molecular complexity index is 1230. The lowest BCUT2D eigenvalue weighted by molar-refractivity contribution is 0.481. The molecule has 4 rings (SSSR count). The molecule has 4 aromatic rings. The lowest BCUT2D eigenvalue weighted by atomic mass is 10.1. The van der Waals surface area contributed by atoms with Crippen molar-refractivity contribution in [2.45, 2.75) is 18.4 Å². The maximum absolute atomic E-state index is 12.7. The highest BCUT2D eigenvalue weighted by Crippen LogP contribution is 2.25. The summed E-state index contributed by atoms with van der Waals surface area (Å²) in [5.74, 6) is 1.85. The first kappa shape index (κ1) is 19.9. The highest BCUT2D eigenvalue weighted by Gasteiger charge is 2.16. The molecule has 0 bridgehead atoms. The van der Waals surface area contributed by atoms with Gasteiger partial charge in [-0.3, -0.25) is 4.98 Å². The number of nitrogens with one attached hydrogen (secondary N) is 1. The lowest BCUT2D eigenvalue weighted by Crippen LogP contribution is -2.23. The van der Waals surface area contributed by atoms with Crippen molar-refractivity contribution in [2.75, 3.05) is 0 Å². The minimum Gasteiger partial charge on any atom is -0.463 e. The molecule has 0 aliphatic heterocycles. The Morgan fingerprint density at radius 1 is 0.967 bits per heavy atom. The van der Waals surface area contributed by atoms with Gasteiger partial charge in [0.25, 0.3) is 0 Å². The fourth-order valence-corrected chi connectivity index (χ4v) is 3.98. The van der Waals surface area contributed by atoms with Crippen molar-refractivity contribution < 1.29 is 17.6 Å². The average Bonchev–Trinajstić information content (AvgIpc) is 3.28. The lowest BCUT2D eigenvalue weighted by Gasteiger charge is -2.10. The van der Waals surface area contributed by atoms with Gasteiger partial charge >= 0.3 is 0 Å². The van der Waals surface area contributed by atoms with Gasteiger partial charge in [0.15, 0.2) is 5.76 Å². The molecule has 0 atom stereocenters. The van der Waals surface area contributed by atoms with Gasteiger partial charge in [0.1, 0.15) is 17.2 Å². The molecule has 0 fully saturated rings. The van der Waals surface area contributed by atoms with Crippen LogP contribution in [0.15, 0.2) is 94.6 Å². The average molecular weight is 420 g/mol. The number of furan rings is 1. The van der Waals surface area contributed by atoms with Gasteiger partial charge in [-0.25, -0.2) is 13.1 Å². The molecule has 2 heterocycles. The van der Waals surface area contributed by atoms with E-state index in [2.05, 4.69) is 9.71 Å². The summed E-state index contributed by atoms with van der Waals surface area (Å²) in [5.41, 5.74) is 2.41. The number of ether oxygens (including phenoxy) is 1. The number of rotatable bonds is 7. The van der Waals surface area contributed by atoms with Crippen LogP contribution in [0.25, 0.3) is 11.5 Å². The number of aromatic nitrogens is 1. The summed E-state index contributed by atoms with van der Waals surface area (Å²) in [7, 11) is -3.70. The van der Waals surface area contributed by atoms with Gasteiger partial charge in [-0.2, -0.15) is 0 Å². The van der Waals surface area contributed by atoms with Crippen molar-refractivity contribution in [3.05, 3.63) is 96.4 Å². The summed E-state index contributed by atoms with van der Waals surface area (Å²) in [6.07, 6.45) is 3.20. The van der Waals surface area contributed by atoms with Crippen LogP contribution in [0.3, 0.4) is 0 Å². The summed E-state index contributed by atoms with van der Waals surface area (Å²) < 4.78 is 39.2. The second-order valence-electron chi connectivity index (χ2n) is 6.70. The fourth-order valence-electron chi connectivity index (χ4n) is 2.97. The van der Waals surface area contributed by atoms with Crippen molar-refractivity contribution in [1.82, 2.24) is 9.71 Å². The number of benzene rings is 2. The van der Waals surface area contributed by atoms with E-state index in [-0.39, 0.29) is 11.4 Å². The van der Waals surface area contributed by atoms with Gasteiger partial charge in [0, 0.05) is 12.7 Å². The van der Waals surface area contributed by atoms with Gasteiger partial charge in [0.2, 0.25) is 10.0 Å². The first-order valence-electron chi connectivity index (χ1n) is 9.33. The van der Waals surface area contributed by atoms with E-state index in [1.165, 1.54) is 12.1 Å². The number of nitrogens with zero attached hydrogens (tertiary/aromatic N) is 1. The van der Waals surface area contributed by atoms with E-state index in [0.717, 1.165) is 11.1 Å². The third-order valence-electron chi connectivity index (χ3n) is 4.46. The molecule has 1 N–H and O–H groups in total. The van der Waals surface area contributed by atoms with Gasteiger partial charge in [-0.05, 0) is 72.6 Å². The van der Waals surface area contributed by atoms with Crippen LogP contribution in [0, 0.1) is 6.92 Å². The van der Waals surface area contributed by atoms with E-state index in [4.69, 9.17) is 9.15 Å². The van der Waals surface area contributed by atoms with Gasteiger partial charge in [-0.15, -0.1) is 0 Å². The predicted octanol–water partition coefficient (Wildman–Crippen LogP) is 4.92. The highest BCUT2D eigenvalue weighted by atomic mass is 32.2. The van der Waals surface area contributed by atoms with Crippen LogP contribution in [0.5, 0.6) is 11.5 Å². The molecule has 0 saturated carbocycles. The maximum atomic E-state index is 12.7. The zero-order chi connectivity index (χ0) is 21.0. The second-order valence-corrected chi connectivity index (χ2v) is 8.47. The van der Waals surface area contributed by atoms with Crippen LogP contribution >= 0.6 is 0 Å². The Labute approximate surface area is 175 Å². The van der Waals surface area contributed by atoms with E-state index < -0.39 is 10.0 Å². The zero-order valence-corrected chi connectivity index (χ0v) is 17.1. The Morgan fingerprint density at radius 2 is 1.80 bits per heavy atom. The summed E-state index contributed by atoms with van der Waals surface area (Å²) in [6, 6.07) is 21.1. The summed E-state index contributed by atoms with van der Waals surface area (Å²) in [5, 5.41) is 0. The molecule has 152 valence electrons. The molecule has 2 aromatic heterocycles. The molecule has 0 amide bonds.